The summed E-state index contributed by atoms with van der Waals surface area (Å²) in [6.45, 7) is 6.66. The third-order valence-electron chi connectivity index (χ3n) is 7.35. The molecule has 0 spiro atoms. The van der Waals surface area contributed by atoms with E-state index >= 15 is 0 Å². The molecule has 0 saturated carbocycles. The predicted octanol–water partition coefficient (Wildman–Crippen LogP) is 5.39. The number of fused-ring (bicyclic) bond motifs is 4. The van der Waals surface area contributed by atoms with Crippen LogP contribution in [-0.2, 0) is 13.0 Å². The Kier molecular flexibility index (Phi) is 5.38. The average molecular weight is 441 g/mol. The Bertz CT molecular complexity index is 1380. The summed E-state index contributed by atoms with van der Waals surface area (Å²) in [5.41, 5.74) is 5.25. The minimum atomic E-state index is 0.665. The highest BCUT2D eigenvalue weighted by Crippen LogP contribution is 2.33. The van der Waals surface area contributed by atoms with E-state index in [0.29, 0.717) is 5.92 Å². The second-order valence-electron chi connectivity index (χ2n) is 9.40. The highest BCUT2D eigenvalue weighted by atomic mass is 15.3. The van der Waals surface area contributed by atoms with Crippen molar-refractivity contribution in [1.82, 2.24) is 29.0 Å². The molecule has 6 nitrogen and oxygen atoms in total. The Morgan fingerprint density at radius 2 is 1.73 bits per heavy atom. The van der Waals surface area contributed by atoms with Crippen molar-refractivity contribution in [3.63, 3.8) is 0 Å². The van der Waals surface area contributed by atoms with E-state index in [4.69, 9.17) is 0 Å². The monoisotopic (exact) mass is 440 g/mol. The molecule has 1 aliphatic heterocycles. The molecule has 0 bridgehead atoms. The molecule has 3 aromatic heterocycles. The lowest BCUT2D eigenvalue weighted by Crippen LogP contribution is -2.34. The molecular formula is C27H32N6. The molecule has 1 fully saturated rings. The van der Waals surface area contributed by atoms with Gasteiger partial charge in [-0.1, -0.05) is 37.3 Å². The number of aromatic amines is 1. The van der Waals surface area contributed by atoms with Crippen LogP contribution in [0, 0.1) is 0 Å². The van der Waals surface area contributed by atoms with Gasteiger partial charge in [0, 0.05) is 30.1 Å². The number of aromatic nitrogens is 5. The van der Waals surface area contributed by atoms with Gasteiger partial charge in [0.05, 0.1) is 11.0 Å². The minimum Gasteiger partial charge on any atom is -0.361 e. The zero-order valence-electron chi connectivity index (χ0n) is 19.4. The van der Waals surface area contributed by atoms with Crippen LogP contribution >= 0.6 is 0 Å². The van der Waals surface area contributed by atoms with Crippen LogP contribution in [0.15, 0.2) is 54.7 Å². The number of piperidine rings is 1. The van der Waals surface area contributed by atoms with Crippen molar-refractivity contribution in [2.24, 2.45) is 0 Å². The van der Waals surface area contributed by atoms with Crippen molar-refractivity contribution in [1.29, 1.82) is 0 Å². The maximum absolute atomic E-state index is 4.56. The van der Waals surface area contributed by atoms with Gasteiger partial charge >= 0.3 is 0 Å². The number of rotatable bonds is 7. The molecular weight excluding hydrogens is 408 g/mol. The van der Waals surface area contributed by atoms with E-state index < -0.39 is 0 Å². The number of hydrogen-bond donors (Lipinski definition) is 1. The molecule has 170 valence electrons. The van der Waals surface area contributed by atoms with Gasteiger partial charge in [0.15, 0.2) is 0 Å². The van der Waals surface area contributed by atoms with E-state index in [1.807, 2.05) is 0 Å². The highest BCUT2D eigenvalue weighted by molar-refractivity contribution is 5.83. The number of nitrogens with zero attached hydrogens (tertiary/aromatic N) is 5. The van der Waals surface area contributed by atoms with Crippen LogP contribution in [-0.4, -0.2) is 48.7 Å². The van der Waals surface area contributed by atoms with Gasteiger partial charge < -0.3 is 14.5 Å². The van der Waals surface area contributed by atoms with Gasteiger partial charge in [-0.3, -0.25) is 4.40 Å². The van der Waals surface area contributed by atoms with Gasteiger partial charge in [0.2, 0.25) is 5.78 Å². The number of nitrogens with one attached hydrogen (secondary N) is 1. The van der Waals surface area contributed by atoms with Crippen molar-refractivity contribution in [2.45, 2.75) is 51.5 Å². The van der Waals surface area contributed by atoms with E-state index in [0.717, 1.165) is 44.0 Å². The van der Waals surface area contributed by atoms with E-state index in [2.05, 4.69) is 90.7 Å². The first-order valence-corrected chi connectivity index (χ1v) is 12.4. The summed E-state index contributed by atoms with van der Waals surface area (Å²) in [5.74, 6) is 2.72. The fraction of sp³-hybridized carbons (Fsp3) is 0.407. The maximum atomic E-state index is 4.56. The Balaban J connectivity index is 1.12. The smallest absolute Gasteiger partial charge is 0.236 e. The molecule has 0 unspecified atom stereocenters. The molecule has 0 radical (unpaired) electrons. The first-order valence-electron chi connectivity index (χ1n) is 12.4. The lowest BCUT2D eigenvalue weighted by Gasteiger charge is -2.32. The normalized spacial score (nSPS) is 15.9. The first kappa shape index (κ1) is 20.5. The molecule has 0 atom stereocenters. The lowest BCUT2D eigenvalue weighted by atomic mass is 9.89. The number of hydrogen-bond acceptors (Lipinski definition) is 3. The zero-order chi connectivity index (χ0) is 22.2. The summed E-state index contributed by atoms with van der Waals surface area (Å²) in [7, 11) is 0. The van der Waals surface area contributed by atoms with Crippen LogP contribution in [0.4, 0.5) is 0 Å². The number of likely N-dealkylation sites (tertiary alicyclic amines) is 1. The van der Waals surface area contributed by atoms with Gasteiger partial charge in [0.25, 0.3) is 0 Å². The molecule has 0 amide bonds. The third kappa shape index (κ3) is 3.62. The van der Waals surface area contributed by atoms with E-state index in [1.54, 1.807) is 0 Å². The maximum Gasteiger partial charge on any atom is 0.236 e. The first-order chi connectivity index (χ1) is 16.3. The zero-order valence-corrected chi connectivity index (χ0v) is 19.4. The second-order valence-corrected chi connectivity index (χ2v) is 9.40. The molecule has 1 N–H and O–H groups in total. The lowest BCUT2D eigenvalue weighted by molar-refractivity contribution is 0.208. The predicted molar refractivity (Wildman–Crippen MR) is 134 cm³/mol. The van der Waals surface area contributed by atoms with Crippen molar-refractivity contribution >= 4 is 27.7 Å². The van der Waals surface area contributed by atoms with Gasteiger partial charge in [0.1, 0.15) is 5.82 Å². The second kappa shape index (κ2) is 8.67. The van der Waals surface area contributed by atoms with E-state index in [1.165, 1.54) is 53.4 Å². The number of benzene rings is 2. The van der Waals surface area contributed by atoms with E-state index in [9.17, 15) is 0 Å². The molecule has 6 rings (SSSR count). The molecule has 4 heterocycles. The van der Waals surface area contributed by atoms with E-state index in [-0.39, 0.29) is 0 Å². The fourth-order valence-electron chi connectivity index (χ4n) is 5.68. The quantitative estimate of drug-likeness (QED) is 0.369. The fourth-order valence-corrected chi connectivity index (χ4v) is 5.68. The van der Waals surface area contributed by atoms with Crippen LogP contribution in [0.5, 0.6) is 0 Å². The number of para-hydroxylation sites is 3. The van der Waals surface area contributed by atoms with Gasteiger partial charge in [-0.15, -0.1) is 10.2 Å². The molecule has 33 heavy (non-hydrogen) atoms. The number of H-pyrrole nitrogens is 1. The summed E-state index contributed by atoms with van der Waals surface area (Å²) >= 11 is 0. The summed E-state index contributed by atoms with van der Waals surface area (Å²) in [4.78, 5) is 6.10. The standard InChI is InChI=1S/C27H32N6/c1-2-8-26-29-30-27-32(24-11-5-6-12-25(24)33(26)27)16-7-15-31-17-13-20(14-18-31)22-19-28-23-10-4-3-9-21(22)23/h3-6,9-12,19-20,28H,2,7-8,13-18H2,1H3. The molecule has 1 saturated heterocycles. The summed E-state index contributed by atoms with van der Waals surface area (Å²) in [6.07, 6.45) is 7.88. The summed E-state index contributed by atoms with van der Waals surface area (Å²) in [5, 5.41) is 10.4. The molecule has 2 aromatic carbocycles. The molecule has 6 heteroatoms. The van der Waals surface area contributed by atoms with Crippen molar-refractivity contribution < 1.29 is 0 Å². The SMILES string of the molecule is CCCc1nnc2n(CCCN3CCC(c4c[nH]c5ccccc45)CC3)c3ccccc3n12. The van der Waals surface area contributed by atoms with Crippen LogP contribution < -0.4 is 0 Å². The Morgan fingerprint density at radius 3 is 2.58 bits per heavy atom. The van der Waals surface area contributed by atoms with Crippen molar-refractivity contribution in [3.8, 4) is 0 Å². The van der Waals surface area contributed by atoms with Crippen molar-refractivity contribution in [2.75, 3.05) is 19.6 Å². The van der Waals surface area contributed by atoms with Gasteiger partial charge in [-0.05, 0) is 75.0 Å². The van der Waals surface area contributed by atoms with Crippen LogP contribution in [0.3, 0.4) is 0 Å². The molecule has 0 aliphatic carbocycles. The Hall–Kier alpha value is -3.12. The number of imidazole rings is 1. The third-order valence-corrected chi connectivity index (χ3v) is 7.35. The van der Waals surface area contributed by atoms with Crippen LogP contribution in [0.1, 0.15) is 49.9 Å². The minimum absolute atomic E-state index is 0.665. The van der Waals surface area contributed by atoms with Crippen molar-refractivity contribution in [3.05, 3.63) is 66.1 Å². The summed E-state index contributed by atoms with van der Waals surface area (Å²) in [6, 6.07) is 17.3. The van der Waals surface area contributed by atoms with Crippen LogP contribution in [0.25, 0.3) is 27.7 Å². The average Bonchev–Trinajstić information content (AvgIpc) is 3.54. The largest absolute Gasteiger partial charge is 0.361 e. The van der Waals surface area contributed by atoms with Gasteiger partial charge in [-0.2, -0.15) is 0 Å². The Morgan fingerprint density at radius 1 is 0.939 bits per heavy atom. The Labute approximate surface area is 194 Å². The van der Waals surface area contributed by atoms with Gasteiger partial charge in [-0.25, -0.2) is 0 Å². The highest BCUT2D eigenvalue weighted by Gasteiger charge is 2.23. The molecule has 5 aromatic rings. The van der Waals surface area contributed by atoms with Crippen LogP contribution in [0.2, 0.25) is 0 Å². The number of aryl methyl sites for hydroxylation is 2. The topological polar surface area (TPSA) is 54.2 Å². The summed E-state index contributed by atoms with van der Waals surface area (Å²) < 4.78 is 4.62. The molecule has 1 aliphatic rings.